The van der Waals surface area contributed by atoms with Gasteiger partial charge in [-0.3, -0.25) is 4.68 Å². The predicted octanol–water partition coefficient (Wildman–Crippen LogP) is 6.20. The van der Waals surface area contributed by atoms with Crippen molar-refractivity contribution in [1.29, 1.82) is 0 Å². The van der Waals surface area contributed by atoms with E-state index in [0.29, 0.717) is 31.0 Å². The van der Waals surface area contributed by atoms with E-state index in [0.717, 1.165) is 35.2 Å². The molecule has 41 heavy (non-hydrogen) atoms. The molecule has 0 amide bonds. The molecule has 1 aliphatic heterocycles. The molecule has 2 aliphatic rings. The average molecular weight is 568 g/mol. The zero-order chi connectivity index (χ0) is 28.8. The van der Waals surface area contributed by atoms with E-state index < -0.39 is 10.0 Å². The van der Waals surface area contributed by atoms with Crippen LogP contribution in [-0.2, 0) is 34.8 Å². The van der Waals surface area contributed by atoms with Crippen molar-refractivity contribution in [3.8, 4) is 5.75 Å². The van der Waals surface area contributed by atoms with Crippen molar-refractivity contribution in [3.05, 3.63) is 119 Å². The van der Waals surface area contributed by atoms with E-state index in [4.69, 9.17) is 5.10 Å². The molecule has 1 atom stereocenters. The summed E-state index contributed by atoms with van der Waals surface area (Å²) in [5.41, 5.74) is 6.36. The summed E-state index contributed by atoms with van der Waals surface area (Å²) >= 11 is 0. The van der Waals surface area contributed by atoms with E-state index in [1.807, 2.05) is 53.3 Å². The lowest BCUT2D eigenvalue weighted by atomic mass is 9.66. The van der Waals surface area contributed by atoms with E-state index in [2.05, 4.69) is 39.0 Å². The Bertz CT molecular complexity index is 1700. The molecule has 4 aromatic rings. The SMILES string of the molecule is CC(C)(C)c1ccc(S(=O)(=O)N2CCC3=Cc4c(cnn4Cc4cccc(O)c4)CC3(Cc3ccccc3)C2)cc1. The Morgan fingerprint density at radius 1 is 0.951 bits per heavy atom. The number of fused-ring (bicyclic) bond motifs is 2. The van der Waals surface area contributed by atoms with Crippen LogP contribution in [0, 0.1) is 5.41 Å². The highest BCUT2D eigenvalue weighted by atomic mass is 32.2. The van der Waals surface area contributed by atoms with Crippen LogP contribution in [0.4, 0.5) is 0 Å². The molecule has 0 bridgehead atoms. The lowest BCUT2D eigenvalue weighted by Crippen LogP contribution is -2.50. The van der Waals surface area contributed by atoms with Crippen LogP contribution in [0.25, 0.3) is 6.08 Å². The number of sulfonamides is 1. The van der Waals surface area contributed by atoms with Gasteiger partial charge in [0.05, 0.1) is 23.3 Å². The number of rotatable bonds is 6. The molecule has 1 N–H and O–H groups in total. The molecule has 1 saturated heterocycles. The van der Waals surface area contributed by atoms with Crippen molar-refractivity contribution in [3.63, 3.8) is 0 Å². The topological polar surface area (TPSA) is 75.4 Å². The van der Waals surface area contributed by atoms with Crippen LogP contribution in [0.15, 0.2) is 95.5 Å². The Morgan fingerprint density at radius 2 is 1.68 bits per heavy atom. The van der Waals surface area contributed by atoms with Crippen molar-refractivity contribution in [2.75, 3.05) is 13.1 Å². The minimum Gasteiger partial charge on any atom is -0.508 e. The second-order valence-corrected chi connectivity index (χ2v) is 14.5. The summed E-state index contributed by atoms with van der Waals surface area (Å²) in [4.78, 5) is 0.350. The average Bonchev–Trinajstić information content (AvgIpc) is 3.32. The molecule has 6 nitrogen and oxygen atoms in total. The van der Waals surface area contributed by atoms with Gasteiger partial charge in [-0.2, -0.15) is 9.40 Å². The Morgan fingerprint density at radius 3 is 2.39 bits per heavy atom. The number of phenols is 1. The third kappa shape index (κ3) is 5.36. The first-order valence-electron chi connectivity index (χ1n) is 14.2. The summed E-state index contributed by atoms with van der Waals surface area (Å²) in [6, 6.07) is 25.0. The number of phenolic OH excluding ortho intramolecular Hbond substituents is 1. The zero-order valence-electron chi connectivity index (χ0n) is 23.9. The number of piperidine rings is 1. The predicted molar refractivity (Wildman–Crippen MR) is 162 cm³/mol. The van der Waals surface area contributed by atoms with Crippen molar-refractivity contribution in [2.24, 2.45) is 5.41 Å². The number of hydrogen-bond donors (Lipinski definition) is 1. The van der Waals surface area contributed by atoms with E-state index in [-0.39, 0.29) is 16.6 Å². The molecular weight excluding hydrogens is 530 g/mol. The smallest absolute Gasteiger partial charge is 0.243 e. The van der Waals surface area contributed by atoms with E-state index in [1.54, 1.807) is 28.6 Å². The minimum absolute atomic E-state index is 0.0437. The van der Waals surface area contributed by atoms with Crippen LogP contribution in [0.2, 0.25) is 0 Å². The first-order chi connectivity index (χ1) is 19.5. The lowest BCUT2D eigenvalue weighted by molar-refractivity contribution is 0.209. The lowest BCUT2D eigenvalue weighted by Gasteiger charge is -2.46. The molecule has 1 fully saturated rings. The van der Waals surface area contributed by atoms with E-state index in [9.17, 15) is 13.5 Å². The number of hydrogen-bond acceptors (Lipinski definition) is 4. The molecule has 0 saturated carbocycles. The first-order valence-corrected chi connectivity index (χ1v) is 15.7. The van der Waals surface area contributed by atoms with Gasteiger partial charge in [0.15, 0.2) is 0 Å². The van der Waals surface area contributed by atoms with Gasteiger partial charge in [-0.05, 0) is 77.3 Å². The van der Waals surface area contributed by atoms with Gasteiger partial charge in [0, 0.05) is 18.5 Å². The van der Waals surface area contributed by atoms with Gasteiger partial charge < -0.3 is 5.11 Å². The number of aromatic hydroxyl groups is 1. The molecule has 7 heteroatoms. The fraction of sp³-hybridized carbons (Fsp3) is 0.324. The molecule has 212 valence electrons. The number of nitrogens with zero attached hydrogens (tertiary/aromatic N) is 3. The quantitative estimate of drug-likeness (QED) is 0.301. The standard InChI is InChI=1S/C34H37N3O3S/c1-33(2,3)28-12-14-31(15-13-28)41(39,40)36-17-16-29-19-32-27(21-34(29,24-36)20-25-8-5-4-6-9-25)22-35-37(32)23-26-10-7-11-30(38)18-26/h4-15,18-19,22,38H,16-17,20-21,23-24H2,1-3H3. The summed E-state index contributed by atoms with van der Waals surface area (Å²) in [5.74, 6) is 0.241. The molecule has 1 unspecified atom stereocenters. The second-order valence-electron chi connectivity index (χ2n) is 12.5. The van der Waals surface area contributed by atoms with Gasteiger partial charge in [0.25, 0.3) is 0 Å². The highest BCUT2D eigenvalue weighted by molar-refractivity contribution is 7.89. The Kier molecular flexibility index (Phi) is 6.91. The highest BCUT2D eigenvalue weighted by Crippen LogP contribution is 2.47. The van der Waals surface area contributed by atoms with Crippen LogP contribution >= 0.6 is 0 Å². The maximum atomic E-state index is 14.0. The fourth-order valence-electron chi connectivity index (χ4n) is 6.34. The molecule has 6 rings (SSSR count). The fourth-order valence-corrected chi connectivity index (χ4v) is 7.87. The largest absolute Gasteiger partial charge is 0.508 e. The van der Waals surface area contributed by atoms with Gasteiger partial charge in [-0.25, -0.2) is 8.42 Å². The van der Waals surface area contributed by atoms with Crippen molar-refractivity contribution < 1.29 is 13.5 Å². The number of aromatic nitrogens is 2. The Labute approximate surface area is 243 Å². The van der Waals surface area contributed by atoms with Crippen LogP contribution < -0.4 is 0 Å². The molecular formula is C34H37N3O3S. The van der Waals surface area contributed by atoms with Crippen LogP contribution in [0.1, 0.15) is 55.1 Å². The zero-order valence-corrected chi connectivity index (χ0v) is 24.7. The Balaban J connectivity index is 1.34. The van der Waals surface area contributed by atoms with Gasteiger partial charge >= 0.3 is 0 Å². The third-order valence-corrected chi connectivity index (χ3v) is 10.4. The molecule has 0 radical (unpaired) electrons. The summed E-state index contributed by atoms with van der Waals surface area (Å²) in [6.07, 6.45) is 6.32. The molecule has 2 heterocycles. The van der Waals surface area contributed by atoms with Crippen molar-refractivity contribution in [1.82, 2.24) is 14.1 Å². The van der Waals surface area contributed by atoms with Gasteiger partial charge in [-0.1, -0.05) is 80.9 Å². The van der Waals surface area contributed by atoms with Crippen molar-refractivity contribution >= 4 is 16.1 Å². The van der Waals surface area contributed by atoms with Crippen LogP contribution in [-0.4, -0.2) is 40.7 Å². The van der Waals surface area contributed by atoms with Gasteiger partial charge in [0.1, 0.15) is 5.75 Å². The molecule has 3 aromatic carbocycles. The number of benzene rings is 3. The normalized spacial score (nSPS) is 19.3. The third-order valence-electron chi connectivity index (χ3n) is 8.58. The first kappa shape index (κ1) is 27.5. The molecule has 1 aliphatic carbocycles. The molecule has 0 spiro atoms. The maximum absolute atomic E-state index is 14.0. The van der Waals surface area contributed by atoms with Gasteiger partial charge in [0.2, 0.25) is 10.0 Å². The molecule has 1 aromatic heterocycles. The monoisotopic (exact) mass is 567 g/mol. The summed E-state index contributed by atoms with van der Waals surface area (Å²) in [7, 11) is -3.66. The Hall–Kier alpha value is -3.68. The van der Waals surface area contributed by atoms with E-state index >= 15 is 0 Å². The van der Waals surface area contributed by atoms with Crippen molar-refractivity contribution in [2.45, 2.75) is 56.9 Å². The van der Waals surface area contributed by atoms with Crippen LogP contribution in [0.3, 0.4) is 0 Å². The highest BCUT2D eigenvalue weighted by Gasteiger charge is 2.46. The minimum atomic E-state index is -3.66. The summed E-state index contributed by atoms with van der Waals surface area (Å²) < 4.78 is 31.6. The summed E-state index contributed by atoms with van der Waals surface area (Å²) in [5, 5.41) is 14.7. The summed E-state index contributed by atoms with van der Waals surface area (Å²) in [6.45, 7) is 7.82. The van der Waals surface area contributed by atoms with Crippen LogP contribution in [0.5, 0.6) is 5.75 Å². The maximum Gasteiger partial charge on any atom is 0.243 e. The van der Waals surface area contributed by atoms with Gasteiger partial charge in [-0.15, -0.1) is 0 Å². The van der Waals surface area contributed by atoms with E-state index in [1.165, 1.54) is 11.1 Å². The second kappa shape index (κ2) is 10.3.